The fourth-order valence-electron chi connectivity index (χ4n) is 0.140. The van der Waals surface area contributed by atoms with Crippen LogP contribution in [-0.2, 0) is 4.79 Å². The molecule has 3 N–H and O–H groups in total. The summed E-state index contributed by atoms with van der Waals surface area (Å²) in [4.78, 5) is 9.92. The van der Waals surface area contributed by atoms with Crippen LogP contribution in [0.15, 0.2) is 0 Å². The summed E-state index contributed by atoms with van der Waals surface area (Å²) >= 11 is 0. The molecule has 0 heterocycles. The second-order valence-electron chi connectivity index (χ2n) is 1.93. The first-order valence-corrected chi connectivity index (χ1v) is 2.28. The van der Waals surface area contributed by atoms with Gasteiger partial charge in [0.05, 0.1) is 0 Å². The molecule has 0 spiro atoms. The third-order valence-electron chi connectivity index (χ3n) is 1.03. The van der Waals surface area contributed by atoms with Crippen LogP contribution in [0.1, 0.15) is 6.92 Å². The van der Waals surface area contributed by atoms with Gasteiger partial charge in [0, 0.05) is 0 Å². The lowest BCUT2D eigenvalue weighted by Gasteiger charge is -2.21. The summed E-state index contributed by atoms with van der Waals surface area (Å²) in [5.74, 6) is -1.81. The van der Waals surface area contributed by atoms with Crippen LogP contribution in [0.3, 0.4) is 0 Å². The van der Waals surface area contributed by atoms with Crippen LogP contribution < -0.4 is 5.73 Å². The Morgan fingerprint density at radius 2 is 1.80 bits per heavy atom. The minimum Gasteiger partial charge on any atom is -0.373 e. The predicted octanol–water partition coefficient (Wildman–Crippen LogP) is -0.215. The van der Waals surface area contributed by atoms with Crippen molar-refractivity contribution < 1.29 is 23.1 Å². The Morgan fingerprint density at radius 1 is 1.50 bits per heavy atom. The van der Waals surface area contributed by atoms with Gasteiger partial charge in [-0.15, -0.1) is 0 Å². The van der Waals surface area contributed by atoms with Crippen molar-refractivity contribution in [3.05, 3.63) is 0 Å². The minimum atomic E-state index is -5.00. The lowest BCUT2D eigenvalue weighted by molar-refractivity contribution is -0.243. The SMILES string of the molecule is C[C@](O)(C(N)=O)C(F)(F)F. The number of rotatable bonds is 1. The molecule has 0 fully saturated rings. The van der Waals surface area contributed by atoms with E-state index in [-0.39, 0.29) is 0 Å². The van der Waals surface area contributed by atoms with Crippen molar-refractivity contribution >= 4 is 5.91 Å². The van der Waals surface area contributed by atoms with E-state index in [0.717, 1.165) is 0 Å². The molecule has 0 aliphatic rings. The lowest BCUT2D eigenvalue weighted by atomic mass is 10.1. The molecule has 0 rings (SSSR count). The summed E-state index contributed by atoms with van der Waals surface area (Å²) < 4.78 is 34.6. The number of carbonyl (C=O) groups is 1. The number of carbonyl (C=O) groups excluding carboxylic acids is 1. The van der Waals surface area contributed by atoms with Crippen LogP contribution in [0.5, 0.6) is 0 Å². The van der Waals surface area contributed by atoms with Gasteiger partial charge in [0.15, 0.2) is 0 Å². The zero-order chi connectivity index (χ0) is 8.58. The quantitative estimate of drug-likeness (QED) is 0.552. The Labute approximate surface area is 54.6 Å². The van der Waals surface area contributed by atoms with Crippen molar-refractivity contribution in [2.24, 2.45) is 5.73 Å². The largest absolute Gasteiger partial charge is 0.426 e. The van der Waals surface area contributed by atoms with Crippen LogP contribution in [0, 0.1) is 0 Å². The van der Waals surface area contributed by atoms with Crippen molar-refractivity contribution in [3.63, 3.8) is 0 Å². The van der Waals surface area contributed by atoms with Crippen LogP contribution in [0.2, 0.25) is 0 Å². The molecule has 1 amide bonds. The Morgan fingerprint density at radius 3 is 1.80 bits per heavy atom. The van der Waals surface area contributed by atoms with E-state index in [1.807, 2.05) is 0 Å². The van der Waals surface area contributed by atoms with E-state index in [2.05, 4.69) is 5.73 Å². The molecule has 0 aromatic heterocycles. The summed E-state index contributed by atoms with van der Waals surface area (Å²) in [5.41, 5.74) is 0.824. The van der Waals surface area contributed by atoms with E-state index >= 15 is 0 Å². The summed E-state index contributed by atoms with van der Waals surface area (Å²) in [5, 5.41) is 8.33. The Balaban J connectivity index is 4.57. The van der Waals surface area contributed by atoms with Gasteiger partial charge in [0.25, 0.3) is 5.91 Å². The standard InChI is InChI=1S/C4H6F3NO2/c1-3(10,2(8)9)4(5,6)7/h10H,1H3,(H2,8,9)/t3-/m0/s1. The van der Waals surface area contributed by atoms with Gasteiger partial charge in [-0.3, -0.25) is 4.79 Å². The summed E-state index contributed by atoms with van der Waals surface area (Å²) in [7, 11) is 0. The molecule has 0 aliphatic carbocycles. The zero-order valence-electron chi connectivity index (χ0n) is 5.07. The molecule has 1 atom stereocenters. The molecule has 3 nitrogen and oxygen atoms in total. The second-order valence-corrected chi connectivity index (χ2v) is 1.93. The Kier molecular flexibility index (Phi) is 1.95. The molecule has 0 saturated carbocycles. The molecule has 0 bridgehead atoms. The maximum atomic E-state index is 11.5. The second kappa shape index (κ2) is 2.12. The van der Waals surface area contributed by atoms with Gasteiger partial charge in [0.2, 0.25) is 5.60 Å². The summed E-state index contributed by atoms with van der Waals surface area (Å²) in [6.07, 6.45) is -5.00. The number of aliphatic hydroxyl groups is 1. The van der Waals surface area contributed by atoms with Gasteiger partial charge >= 0.3 is 6.18 Å². The van der Waals surface area contributed by atoms with Crippen molar-refractivity contribution in [2.75, 3.05) is 0 Å². The maximum absolute atomic E-state index is 11.5. The molecule has 0 unspecified atom stereocenters. The monoisotopic (exact) mass is 157 g/mol. The fraction of sp³-hybridized carbons (Fsp3) is 0.750. The molecular formula is C4H6F3NO2. The Bertz CT molecular complexity index is 151. The normalized spacial score (nSPS) is 18.1. The molecule has 0 radical (unpaired) electrons. The van der Waals surface area contributed by atoms with E-state index < -0.39 is 17.7 Å². The van der Waals surface area contributed by atoms with Gasteiger partial charge in [-0.2, -0.15) is 13.2 Å². The van der Waals surface area contributed by atoms with Crippen LogP contribution >= 0.6 is 0 Å². The van der Waals surface area contributed by atoms with E-state index in [4.69, 9.17) is 5.11 Å². The lowest BCUT2D eigenvalue weighted by Crippen LogP contribution is -2.52. The minimum absolute atomic E-state index is 0.301. The van der Waals surface area contributed by atoms with Crippen LogP contribution in [-0.4, -0.2) is 22.8 Å². The summed E-state index contributed by atoms with van der Waals surface area (Å²) in [6.45, 7) is 0.301. The fourth-order valence-corrected chi connectivity index (χ4v) is 0.140. The van der Waals surface area contributed by atoms with Gasteiger partial charge < -0.3 is 10.8 Å². The van der Waals surface area contributed by atoms with Crippen molar-refractivity contribution in [1.82, 2.24) is 0 Å². The molecular weight excluding hydrogens is 151 g/mol. The van der Waals surface area contributed by atoms with Crippen molar-refractivity contribution in [3.8, 4) is 0 Å². The topological polar surface area (TPSA) is 63.3 Å². The molecule has 6 heteroatoms. The average Bonchev–Trinajstić information content (AvgIpc) is 1.62. The first kappa shape index (κ1) is 9.22. The predicted molar refractivity (Wildman–Crippen MR) is 25.9 cm³/mol. The van der Waals surface area contributed by atoms with E-state index in [9.17, 15) is 18.0 Å². The molecule has 0 saturated heterocycles. The highest BCUT2D eigenvalue weighted by Crippen LogP contribution is 2.29. The number of hydrogen-bond acceptors (Lipinski definition) is 2. The third kappa shape index (κ3) is 1.38. The maximum Gasteiger partial charge on any atom is 0.426 e. The first-order chi connectivity index (χ1) is 4.19. The van der Waals surface area contributed by atoms with Crippen LogP contribution in [0.4, 0.5) is 13.2 Å². The van der Waals surface area contributed by atoms with E-state index in [1.165, 1.54) is 0 Å². The Hall–Kier alpha value is -0.780. The molecule has 10 heavy (non-hydrogen) atoms. The van der Waals surface area contributed by atoms with Gasteiger partial charge in [-0.25, -0.2) is 0 Å². The first-order valence-electron chi connectivity index (χ1n) is 2.28. The van der Waals surface area contributed by atoms with Crippen molar-refractivity contribution in [1.29, 1.82) is 0 Å². The number of hydrogen-bond donors (Lipinski definition) is 2. The average molecular weight is 157 g/mol. The molecule has 0 aromatic rings. The third-order valence-corrected chi connectivity index (χ3v) is 1.03. The number of amides is 1. The highest BCUT2D eigenvalue weighted by atomic mass is 19.4. The van der Waals surface area contributed by atoms with Crippen molar-refractivity contribution in [2.45, 2.75) is 18.7 Å². The van der Waals surface area contributed by atoms with E-state index in [0.29, 0.717) is 6.92 Å². The van der Waals surface area contributed by atoms with Crippen LogP contribution in [0.25, 0.3) is 0 Å². The highest BCUT2D eigenvalue weighted by molar-refractivity contribution is 5.83. The van der Waals surface area contributed by atoms with Gasteiger partial charge in [-0.1, -0.05) is 0 Å². The zero-order valence-corrected chi connectivity index (χ0v) is 5.07. The van der Waals surface area contributed by atoms with E-state index in [1.54, 1.807) is 0 Å². The molecule has 0 aliphatic heterocycles. The molecule has 0 aromatic carbocycles. The van der Waals surface area contributed by atoms with Gasteiger partial charge in [-0.05, 0) is 6.92 Å². The highest BCUT2D eigenvalue weighted by Gasteiger charge is 2.54. The molecule has 60 valence electrons. The number of alkyl halides is 3. The number of halogens is 3. The smallest absolute Gasteiger partial charge is 0.373 e. The van der Waals surface area contributed by atoms with Gasteiger partial charge in [0.1, 0.15) is 0 Å². The summed E-state index contributed by atoms with van der Waals surface area (Å²) in [6, 6.07) is 0. The number of primary amides is 1. The number of nitrogens with two attached hydrogens (primary N) is 1.